The van der Waals surface area contributed by atoms with Gasteiger partial charge in [-0.05, 0) is 38.3 Å². The smallest absolute Gasteiger partial charge is 0.248 e. The van der Waals surface area contributed by atoms with Gasteiger partial charge in [-0.15, -0.1) is 5.10 Å². The number of hydrogen-bond acceptors (Lipinski definition) is 8. The highest BCUT2D eigenvalue weighted by Gasteiger charge is 2.45. The Balaban J connectivity index is 1.37. The SMILES string of the molecule is CN1CCC(S(=O)(=O)NCCNC(=O)C2CC(O)CN2C(=O)[C@@H](n2cc(C3CC3)nn2)C(C)(C)C)C1. The van der Waals surface area contributed by atoms with E-state index in [0.29, 0.717) is 18.9 Å². The standard InChI is InChI=1S/C23H39N7O5S/c1-23(2,3)20(30-14-18(26-27-30)15-5-6-15)22(33)29-12-16(31)11-19(29)21(32)24-8-9-25-36(34,35)17-7-10-28(4)13-17/h14-17,19-20,25,31H,5-13H2,1-4H3,(H,24,32)/t16?,17?,19?,20-/m1/s1. The fourth-order valence-electron chi connectivity index (χ4n) is 5.09. The quantitative estimate of drug-likeness (QED) is 0.363. The number of hydrogen-bond donors (Lipinski definition) is 3. The minimum Gasteiger partial charge on any atom is -0.391 e. The van der Waals surface area contributed by atoms with E-state index in [0.717, 1.165) is 25.1 Å². The van der Waals surface area contributed by atoms with Crippen LogP contribution in [0.15, 0.2) is 6.20 Å². The molecule has 2 aliphatic heterocycles. The van der Waals surface area contributed by atoms with Crippen LogP contribution in [-0.2, 0) is 19.6 Å². The lowest BCUT2D eigenvalue weighted by Gasteiger charge is -2.34. The number of aromatic nitrogens is 3. The number of aliphatic hydroxyl groups is 1. The highest BCUT2D eigenvalue weighted by atomic mass is 32.2. The highest BCUT2D eigenvalue weighted by Crippen LogP contribution is 2.40. The van der Waals surface area contributed by atoms with Crippen molar-refractivity contribution < 1.29 is 23.1 Å². The van der Waals surface area contributed by atoms with E-state index in [4.69, 9.17) is 0 Å². The Morgan fingerprint density at radius 2 is 1.92 bits per heavy atom. The van der Waals surface area contributed by atoms with Gasteiger partial charge in [-0.25, -0.2) is 17.8 Å². The van der Waals surface area contributed by atoms with Crippen molar-refractivity contribution in [1.82, 2.24) is 34.8 Å². The van der Waals surface area contributed by atoms with E-state index in [1.165, 1.54) is 4.90 Å². The van der Waals surface area contributed by atoms with Crippen molar-refractivity contribution in [2.45, 2.75) is 75.8 Å². The van der Waals surface area contributed by atoms with E-state index in [1.807, 2.05) is 38.9 Å². The van der Waals surface area contributed by atoms with Crippen molar-refractivity contribution in [2.75, 3.05) is 39.8 Å². The first-order valence-electron chi connectivity index (χ1n) is 12.7. The molecule has 1 aromatic rings. The number of nitrogens with one attached hydrogen (secondary N) is 2. The Labute approximate surface area is 212 Å². The van der Waals surface area contributed by atoms with Gasteiger partial charge in [-0.2, -0.15) is 0 Å². The monoisotopic (exact) mass is 525 g/mol. The van der Waals surface area contributed by atoms with Crippen molar-refractivity contribution in [2.24, 2.45) is 5.41 Å². The van der Waals surface area contributed by atoms with E-state index >= 15 is 0 Å². The van der Waals surface area contributed by atoms with Crippen molar-refractivity contribution in [3.63, 3.8) is 0 Å². The second-order valence-corrected chi connectivity index (χ2v) is 13.5. The molecule has 0 bridgehead atoms. The molecule has 2 amide bonds. The zero-order valence-corrected chi connectivity index (χ0v) is 22.4. The van der Waals surface area contributed by atoms with Crippen LogP contribution in [0.1, 0.15) is 64.1 Å². The molecule has 3 aliphatic rings. The first-order valence-corrected chi connectivity index (χ1v) is 14.3. The van der Waals surface area contributed by atoms with Crippen LogP contribution in [0.2, 0.25) is 0 Å². The third kappa shape index (κ3) is 6.06. The van der Waals surface area contributed by atoms with Crippen LogP contribution < -0.4 is 10.0 Å². The minimum atomic E-state index is -3.46. The fourth-order valence-corrected chi connectivity index (χ4v) is 6.58. The normalized spacial score (nSPS) is 26.4. The summed E-state index contributed by atoms with van der Waals surface area (Å²) in [6.45, 7) is 7.23. The highest BCUT2D eigenvalue weighted by molar-refractivity contribution is 7.90. The number of amides is 2. The molecule has 0 spiro atoms. The summed E-state index contributed by atoms with van der Waals surface area (Å²) in [4.78, 5) is 30.1. The summed E-state index contributed by atoms with van der Waals surface area (Å²) in [6.07, 6.45) is 3.85. The largest absolute Gasteiger partial charge is 0.391 e. The van der Waals surface area contributed by atoms with E-state index in [9.17, 15) is 23.1 Å². The van der Waals surface area contributed by atoms with Gasteiger partial charge in [-0.1, -0.05) is 26.0 Å². The number of carbonyl (C=O) groups is 2. The number of nitrogens with zero attached hydrogens (tertiary/aromatic N) is 5. The van der Waals surface area contributed by atoms with Gasteiger partial charge in [0.15, 0.2) is 0 Å². The van der Waals surface area contributed by atoms with Crippen LogP contribution in [0, 0.1) is 5.41 Å². The molecular weight excluding hydrogens is 486 g/mol. The van der Waals surface area contributed by atoms with Gasteiger partial charge >= 0.3 is 0 Å². The van der Waals surface area contributed by atoms with Gasteiger partial charge in [-0.3, -0.25) is 9.59 Å². The number of carbonyl (C=O) groups excluding carboxylic acids is 2. The molecule has 0 radical (unpaired) electrons. The summed E-state index contributed by atoms with van der Waals surface area (Å²) in [6, 6.07) is -1.53. The number of β-amino-alcohol motifs (C(OH)–C–C–N with tert-alkyl or cyclic N) is 1. The molecule has 4 atom stereocenters. The molecule has 3 fully saturated rings. The maximum atomic E-state index is 13.7. The van der Waals surface area contributed by atoms with Gasteiger partial charge in [0.1, 0.15) is 12.1 Å². The second-order valence-electron chi connectivity index (χ2n) is 11.5. The lowest BCUT2D eigenvalue weighted by molar-refractivity contribution is -0.144. The predicted octanol–water partition coefficient (Wildman–Crippen LogP) is -0.556. The van der Waals surface area contributed by atoms with Gasteiger partial charge < -0.3 is 20.2 Å². The number of sulfonamides is 1. The van der Waals surface area contributed by atoms with Crippen LogP contribution in [-0.4, -0.2) is 107 Å². The minimum absolute atomic E-state index is 0.0511. The first kappa shape index (κ1) is 27.0. The molecular formula is C23H39N7O5S. The maximum Gasteiger partial charge on any atom is 0.248 e. The molecule has 1 aliphatic carbocycles. The topological polar surface area (TPSA) is 150 Å². The Morgan fingerprint density at radius 1 is 1.19 bits per heavy atom. The van der Waals surface area contributed by atoms with Crippen molar-refractivity contribution >= 4 is 21.8 Å². The zero-order chi connectivity index (χ0) is 26.3. The number of aliphatic hydroxyl groups excluding tert-OH is 1. The van der Waals surface area contributed by atoms with Crippen LogP contribution in [0.4, 0.5) is 0 Å². The van der Waals surface area contributed by atoms with E-state index in [-0.39, 0.29) is 32.0 Å². The zero-order valence-electron chi connectivity index (χ0n) is 21.6. The summed E-state index contributed by atoms with van der Waals surface area (Å²) in [5.74, 6) is -0.310. The van der Waals surface area contributed by atoms with Gasteiger partial charge in [0.2, 0.25) is 21.8 Å². The third-order valence-corrected chi connectivity index (χ3v) is 9.09. The predicted molar refractivity (Wildman–Crippen MR) is 132 cm³/mol. The molecule has 2 saturated heterocycles. The molecule has 0 aromatic carbocycles. The second kappa shape index (κ2) is 10.3. The molecule has 4 rings (SSSR count). The molecule has 1 aromatic heterocycles. The van der Waals surface area contributed by atoms with Gasteiger partial charge in [0.25, 0.3) is 0 Å². The number of likely N-dealkylation sites (tertiary alicyclic amines) is 2. The van der Waals surface area contributed by atoms with Crippen LogP contribution >= 0.6 is 0 Å². The lowest BCUT2D eigenvalue weighted by Crippen LogP contribution is -2.51. The van der Waals surface area contributed by atoms with Crippen molar-refractivity contribution in [1.29, 1.82) is 0 Å². The molecule has 3 N–H and O–H groups in total. The van der Waals surface area contributed by atoms with E-state index in [2.05, 4.69) is 20.4 Å². The van der Waals surface area contributed by atoms with Crippen LogP contribution in [0.5, 0.6) is 0 Å². The Kier molecular flexibility index (Phi) is 7.75. The van der Waals surface area contributed by atoms with E-state index < -0.39 is 44.8 Å². The molecule has 3 heterocycles. The lowest BCUT2D eigenvalue weighted by atomic mass is 9.85. The van der Waals surface area contributed by atoms with Gasteiger partial charge in [0, 0.05) is 44.7 Å². The third-order valence-electron chi connectivity index (χ3n) is 7.22. The van der Waals surface area contributed by atoms with Crippen LogP contribution in [0.25, 0.3) is 0 Å². The van der Waals surface area contributed by atoms with Crippen LogP contribution in [0.3, 0.4) is 0 Å². The van der Waals surface area contributed by atoms with Gasteiger partial charge in [0.05, 0.1) is 17.0 Å². The Bertz CT molecular complexity index is 1070. The van der Waals surface area contributed by atoms with E-state index in [1.54, 1.807) is 4.68 Å². The molecule has 36 heavy (non-hydrogen) atoms. The molecule has 13 heteroatoms. The Hall–Kier alpha value is -2.09. The maximum absolute atomic E-state index is 13.7. The summed E-state index contributed by atoms with van der Waals surface area (Å²) in [5.41, 5.74) is 0.367. The average molecular weight is 526 g/mol. The number of rotatable bonds is 9. The van der Waals surface area contributed by atoms with Crippen molar-refractivity contribution in [3.05, 3.63) is 11.9 Å². The molecule has 202 valence electrons. The Morgan fingerprint density at radius 3 is 2.53 bits per heavy atom. The van der Waals surface area contributed by atoms with Crippen molar-refractivity contribution in [3.8, 4) is 0 Å². The molecule has 1 saturated carbocycles. The summed E-state index contributed by atoms with van der Waals surface area (Å²) in [5, 5.41) is 21.1. The fraction of sp³-hybridized carbons (Fsp3) is 0.826. The average Bonchev–Trinajstić information content (AvgIpc) is 3.16. The summed E-state index contributed by atoms with van der Waals surface area (Å²) >= 11 is 0. The summed E-state index contributed by atoms with van der Waals surface area (Å²) < 4.78 is 29.1. The molecule has 3 unspecified atom stereocenters. The first-order chi connectivity index (χ1) is 16.9. The molecule has 12 nitrogen and oxygen atoms in total. The summed E-state index contributed by atoms with van der Waals surface area (Å²) in [7, 11) is -1.58.